The molecule has 0 bridgehead atoms. The Morgan fingerprint density at radius 1 is 0.963 bits per heavy atom. The van der Waals surface area contributed by atoms with Crippen LogP contribution in [0.2, 0.25) is 0 Å². The maximum atomic E-state index is 14.1. The fourth-order valence-corrected chi connectivity index (χ4v) is 3.33. The van der Waals surface area contributed by atoms with E-state index < -0.39 is 0 Å². The lowest BCUT2D eigenvalue weighted by Gasteiger charge is -2.07. The van der Waals surface area contributed by atoms with Crippen LogP contribution in [0, 0.1) is 11.6 Å². The van der Waals surface area contributed by atoms with Crippen molar-refractivity contribution in [1.29, 1.82) is 0 Å². The van der Waals surface area contributed by atoms with Crippen LogP contribution in [0.15, 0.2) is 60.7 Å². The molecule has 0 unspecified atom stereocenters. The zero-order valence-electron chi connectivity index (χ0n) is 14.2. The summed E-state index contributed by atoms with van der Waals surface area (Å²) in [7, 11) is 0. The van der Waals surface area contributed by atoms with Crippen LogP contribution in [0.3, 0.4) is 0 Å². The zero-order valence-corrected chi connectivity index (χ0v) is 14.2. The number of anilines is 1. The van der Waals surface area contributed by atoms with Crippen LogP contribution < -0.4 is 5.32 Å². The molecule has 27 heavy (non-hydrogen) atoms. The summed E-state index contributed by atoms with van der Waals surface area (Å²) in [5.74, 6) is 0.648. The van der Waals surface area contributed by atoms with Crippen molar-refractivity contribution in [2.75, 3.05) is 5.32 Å². The van der Waals surface area contributed by atoms with Crippen molar-refractivity contribution in [2.24, 2.45) is 0 Å². The van der Waals surface area contributed by atoms with Gasteiger partial charge in [-0.3, -0.25) is 0 Å². The second-order valence-electron chi connectivity index (χ2n) is 6.64. The highest BCUT2D eigenvalue weighted by Crippen LogP contribution is 2.42. The smallest absolute Gasteiger partial charge is 0.188 e. The van der Waals surface area contributed by atoms with Crippen LogP contribution >= 0.6 is 0 Å². The van der Waals surface area contributed by atoms with E-state index in [0.29, 0.717) is 22.9 Å². The third-order valence-corrected chi connectivity index (χ3v) is 4.78. The first-order valence-corrected chi connectivity index (χ1v) is 8.68. The van der Waals surface area contributed by atoms with E-state index in [4.69, 9.17) is 0 Å². The molecule has 1 saturated carbocycles. The van der Waals surface area contributed by atoms with Crippen LogP contribution in [0.1, 0.15) is 17.9 Å². The lowest BCUT2D eigenvalue weighted by molar-refractivity contribution is 0.625. The summed E-state index contributed by atoms with van der Waals surface area (Å²) in [6.07, 6.45) is 0.908. The Balaban J connectivity index is 1.42. The number of aromatic nitrogens is 4. The topological polar surface area (TPSA) is 55.1 Å². The third kappa shape index (κ3) is 2.91. The quantitative estimate of drug-likeness (QED) is 0.595. The standard InChI is InChI=1S/C20H15F2N5/c21-13-5-3-4-12(10-13)15-11-17(15)23-18-8-9-19-24-25-20(27(19)26-18)14-6-1-2-7-16(14)22/h1-10,15,17H,11H2,(H,23,26)/t15-,17+/m0/s1. The zero-order chi connectivity index (χ0) is 18.4. The highest BCUT2D eigenvalue weighted by atomic mass is 19.1. The molecule has 5 nitrogen and oxygen atoms in total. The Hall–Kier alpha value is -3.35. The van der Waals surface area contributed by atoms with Gasteiger partial charge >= 0.3 is 0 Å². The van der Waals surface area contributed by atoms with Crippen molar-refractivity contribution in [1.82, 2.24) is 19.8 Å². The Morgan fingerprint density at radius 3 is 2.70 bits per heavy atom. The van der Waals surface area contributed by atoms with Gasteiger partial charge in [-0.25, -0.2) is 8.78 Å². The number of fused-ring (bicyclic) bond motifs is 1. The number of nitrogens with one attached hydrogen (secondary N) is 1. The van der Waals surface area contributed by atoms with Crippen LogP contribution in [-0.4, -0.2) is 25.9 Å². The molecule has 1 N–H and O–H groups in total. The first-order valence-electron chi connectivity index (χ1n) is 8.68. The average Bonchev–Trinajstić information content (AvgIpc) is 3.31. The maximum Gasteiger partial charge on any atom is 0.188 e. The summed E-state index contributed by atoms with van der Waals surface area (Å²) in [5, 5.41) is 16.0. The molecule has 1 fully saturated rings. The monoisotopic (exact) mass is 363 g/mol. The Kier molecular flexibility index (Phi) is 3.60. The number of nitrogens with zero attached hydrogens (tertiary/aromatic N) is 4. The van der Waals surface area contributed by atoms with Crippen molar-refractivity contribution in [3.05, 3.63) is 77.9 Å². The summed E-state index contributed by atoms with van der Waals surface area (Å²) in [4.78, 5) is 0. The summed E-state index contributed by atoms with van der Waals surface area (Å²) in [6.45, 7) is 0. The lowest BCUT2D eigenvalue weighted by Crippen LogP contribution is -2.08. The van der Waals surface area contributed by atoms with Crippen molar-refractivity contribution >= 4 is 11.5 Å². The van der Waals surface area contributed by atoms with Crippen LogP contribution in [-0.2, 0) is 0 Å². The van der Waals surface area contributed by atoms with E-state index in [1.807, 2.05) is 12.1 Å². The first kappa shape index (κ1) is 15.9. The van der Waals surface area contributed by atoms with Crippen molar-refractivity contribution in [3.8, 4) is 11.4 Å². The average molecular weight is 363 g/mol. The molecule has 0 saturated heterocycles. The van der Waals surface area contributed by atoms with Gasteiger partial charge in [0.15, 0.2) is 11.5 Å². The second kappa shape index (κ2) is 6.12. The van der Waals surface area contributed by atoms with Crippen LogP contribution in [0.25, 0.3) is 17.0 Å². The lowest BCUT2D eigenvalue weighted by atomic mass is 10.1. The van der Waals surface area contributed by atoms with Gasteiger partial charge in [-0.2, -0.15) is 4.52 Å². The van der Waals surface area contributed by atoms with E-state index in [-0.39, 0.29) is 23.6 Å². The van der Waals surface area contributed by atoms with Gasteiger partial charge in [-0.05, 0) is 48.4 Å². The predicted octanol–water partition coefficient (Wildman–Crippen LogP) is 4.04. The largest absolute Gasteiger partial charge is 0.365 e. The van der Waals surface area contributed by atoms with Gasteiger partial charge in [0, 0.05) is 12.0 Å². The number of halogens is 2. The highest BCUT2D eigenvalue weighted by molar-refractivity contribution is 5.60. The summed E-state index contributed by atoms with van der Waals surface area (Å²) in [6, 6.07) is 16.9. The number of hydrogen-bond acceptors (Lipinski definition) is 4. The van der Waals surface area contributed by atoms with E-state index in [2.05, 4.69) is 20.6 Å². The van der Waals surface area contributed by atoms with Gasteiger partial charge < -0.3 is 5.32 Å². The Labute approximate surface area is 153 Å². The van der Waals surface area contributed by atoms with Crippen molar-refractivity contribution in [3.63, 3.8) is 0 Å². The fraction of sp³-hybridized carbons (Fsp3) is 0.150. The van der Waals surface area contributed by atoms with E-state index in [1.54, 1.807) is 36.4 Å². The Bertz CT molecular complexity index is 1140. The third-order valence-electron chi connectivity index (χ3n) is 4.78. The van der Waals surface area contributed by atoms with Gasteiger partial charge in [0.05, 0.1) is 5.56 Å². The van der Waals surface area contributed by atoms with E-state index >= 15 is 0 Å². The molecule has 0 amide bonds. The molecule has 1 aliphatic carbocycles. The first-order chi connectivity index (χ1) is 13.2. The molecule has 2 heterocycles. The SMILES string of the molecule is Fc1cccc([C@@H]2C[C@H]2Nc2ccc3nnc(-c4ccccc4F)n3n2)c1. The molecular weight excluding hydrogens is 348 g/mol. The van der Waals surface area contributed by atoms with Crippen LogP contribution in [0.5, 0.6) is 0 Å². The molecule has 2 aromatic heterocycles. The van der Waals surface area contributed by atoms with E-state index in [9.17, 15) is 8.78 Å². The summed E-state index contributed by atoms with van der Waals surface area (Å²) < 4.78 is 29.1. The molecule has 5 rings (SSSR count). The molecule has 4 aromatic rings. The molecule has 134 valence electrons. The minimum atomic E-state index is -0.375. The van der Waals surface area contributed by atoms with Gasteiger partial charge in [-0.1, -0.05) is 24.3 Å². The molecular formula is C20H15F2N5. The predicted molar refractivity (Wildman–Crippen MR) is 97.3 cm³/mol. The minimum Gasteiger partial charge on any atom is -0.365 e. The molecule has 0 aliphatic heterocycles. The molecule has 0 spiro atoms. The van der Waals surface area contributed by atoms with Gasteiger partial charge in [0.1, 0.15) is 17.5 Å². The highest BCUT2D eigenvalue weighted by Gasteiger charge is 2.38. The molecule has 2 atom stereocenters. The number of rotatable bonds is 4. The van der Waals surface area contributed by atoms with Crippen molar-refractivity contribution < 1.29 is 8.78 Å². The van der Waals surface area contributed by atoms with E-state index in [0.717, 1.165) is 12.0 Å². The van der Waals surface area contributed by atoms with Gasteiger partial charge in [0.2, 0.25) is 0 Å². The molecule has 2 aromatic carbocycles. The minimum absolute atomic E-state index is 0.185. The Morgan fingerprint density at radius 2 is 1.85 bits per heavy atom. The molecule has 0 radical (unpaired) electrons. The van der Waals surface area contributed by atoms with Gasteiger partial charge in [0.25, 0.3) is 0 Å². The maximum absolute atomic E-state index is 14.1. The van der Waals surface area contributed by atoms with Gasteiger partial charge in [-0.15, -0.1) is 15.3 Å². The summed E-state index contributed by atoms with van der Waals surface area (Å²) in [5.41, 5.74) is 1.86. The van der Waals surface area contributed by atoms with Crippen LogP contribution in [0.4, 0.5) is 14.6 Å². The number of hydrogen-bond donors (Lipinski definition) is 1. The summed E-state index contributed by atoms with van der Waals surface area (Å²) >= 11 is 0. The molecule has 7 heteroatoms. The van der Waals surface area contributed by atoms with Crippen molar-refractivity contribution in [2.45, 2.75) is 18.4 Å². The number of benzene rings is 2. The second-order valence-corrected chi connectivity index (χ2v) is 6.64. The molecule has 1 aliphatic rings. The normalized spacial score (nSPS) is 18.6. The van der Waals surface area contributed by atoms with E-state index in [1.165, 1.54) is 16.6 Å². The fourth-order valence-electron chi connectivity index (χ4n) is 3.33.